The Morgan fingerprint density at radius 3 is 3.05 bits per heavy atom. The topological polar surface area (TPSA) is 81.3 Å². The number of hydrogen-bond acceptors (Lipinski definition) is 7. The fraction of sp³-hybridized carbons (Fsp3) is 0.385. The maximum absolute atomic E-state index is 9.88. The summed E-state index contributed by atoms with van der Waals surface area (Å²) in [4.78, 5) is 4.33. The zero-order valence-corrected chi connectivity index (χ0v) is 12.8. The second-order valence-electron chi connectivity index (χ2n) is 4.18. The van der Waals surface area contributed by atoms with Crippen molar-refractivity contribution in [1.29, 1.82) is 0 Å². The molecule has 1 unspecified atom stereocenters. The van der Waals surface area contributed by atoms with Gasteiger partial charge in [0.05, 0.1) is 6.10 Å². The van der Waals surface area contributed by atoms with Gasteiger partial charge in [-0.25, -0.2) is 4.98 Å². The van der Waals surface area contributed by atoms with Crippen molar-refractivity contribution in [3.05, 3.63) is 30.1 Å². The molecular formula is C13H17N3O2S2. The van der Waals surface area contributed by atoms with Crippen molar-refractivity contribution in [3.8, 4) is 5.75 Å². The number of nitrogens with two attached hydrogens (primary N) is 1. The molecule has 1 heterocycles. The van der Waals surface area contributed by atoms with Gasteiger partial charge >= 0.3 is 0 Å². The predicted octanol–water partition coefficient (Wildman–Crippen LogP) is 2.21. The number of ether oxygens (including phenoxy) is 1. The number of hydrogen-bond donors (Lipinski definition) is 2. The van der Waals surface area contributed by atoms with E-state index in [0.717, 1.165) is 16.6 Å². The van der Waals surface area contributed by atoms with Crippen molar-refractivity contribution in [2.45, 2.75) is 23.8 Å². The lowest BCUT2D eigenvalue weighted by atomic mass is 10.3. The monoisotopic (exact) mass is 311 g/mol. The zero-order valence-electron chi connectivity index (χ0n) is 11.2. The van der Waals surface area contributed by atoms with E-state index in [4.69, 9.17) is 10.5 Å². The molecule has 2 rings (SSSR count). The average Bonchev–Trinajstić information content (AvgIpc) is 2.91. The Morgan fingerprint density at radius 1 is 1.50 bits per heavy atom. The van der Waals surface area contributed by atoms with E-state index in [0.29, 0.717) is 17.2 Å². The first-order chi connectivity index (χ1) is 9.67. The van der Waals surface area contributed by atoms with Gasteiger partial charge in [0.15, 0.2) is 4.34 Å². The molecule has 0 aliphatic rings. The largest absolute Gasteiger partial charge is 0.491 e. The van der Waals surface area contributed by atoms with Crippen LogP contribution in [-0.4, -0.2) is 32.9 Å². The van der Waals surface area contributed by atoms with Gasteiger partial charge in [-0.3, -0.25) is 0 Å². The van der Waals surface area contributed by atoms with E-state index < -0.39 is 6.10 Å². The van der Waals surface area contributed by atoms with E-state index in [-0.39, 0.29) is 6.61 Å². The molecule has 0 radical (unpaired) electrons. The van der Waals surface area contributed by atoms with Crippen LogP contribution < -0.4 is 10.5 Å². The van der Waals surface area contributed by atoms with E-state index in [9.17, 15) is 5.11 Å². The first-order valence-electron chi connectivity index (χ1n) is 6.29. The minimum atomic E-state index is -0.560. The molecule has 108 valence electrons. The van der Waals surface area contributed by atoms with Gasteiger partial charge in [-0.15, -0.1) is 0 Å². The maximum atomic E-state index is 9.88. The molecule has 7 heteroatoms. The van der Waals surface area contributed by atoms with Crippen molar-refractivity contribution < 1.29 is 9.84 Å². The highest BCUT2D eigenvalue weighted by Gasteiger charge is 2.09. The predicted molar refractivity (Wildman–Crippen MR) is 82.4 cm³/mol. The Balaban J connectivity index is 1.73. The average molecular weight is 311 g/mol. The number of nitrogen functional groups attached to an aromatic ring is 1. The summed E-state index contributed by atoms with van der Waals surface area (Å²) in [6, 6.07) is 7.16. The van der Waals surface area contributed by atoms with Gasteiger partial charge in [-0.2, -0.15) is 4.37 Å². The van der Waals surface area contributed by atoms with Crippen LogP contribution in [0, 0.1) is 0 Å². The lowest BCUT2D eigenvalue weighted by Crippen LogP contribution is -2.20. The van der Waals surface area contributed by atoms with Crippen LogP contribution in [0.3, 0.4) is 0 Å². The van der Waals surface area contributed by atoms with E-state index in [1.165, 1.54) is 23.3 Å². The molecule has 0 amide bonds. The summed E-state index contributed by atoms with van der Waals surface area (Å²) in [6.45, 7) is 2.25. The smallest absolute Gasteiger partial charge is 0.170 e. The van der Waals surface area contributed by atoms with E-state index in [1.807, 2.05) is 19.1 Å². The number of thioether (sulfide) groups is 1. The van der Waals surface area contributed by atoms with Crippen molar-refractivity contribution >= 4 is 29.0 Å². The number of aryl methyl sites for hydroxylation is 1. The summed E-state index contributed by atoms with van der Waals surface area (Å²) in [5.74, 6) is 2.04. The first kappa shape index (κ1) is 15.1. The fourth-order valence-electron chi connectivity index (χ4n) is 1.45. The number of aliphatic hydroxyl groups excluding tert-OH is 1. The second kappa shape index (κ2) is 7.47. The molecule has 20 heavy (non-hydrogen) atoms. The Hall–Kier alpha value is -1.31. The minimum absolute atomic E-state index is 0.232. The van der Waals surface area contributed by atoms with Gasteiger partial charge in [0.1, 0.15) is 18.2 Å². The standard InChI is InChI=1S/C13H17N3O2S2/c1-2-12-15-13(20-16-12)19-8-10(17)7-18-11-5-3-4-9(14)6-11/h3-6,10,17H,2,7-8,14H2,1H3. The van der Waals surface area contributed by atoms with Crippen LogP contribution in [0.1, 0.15) is 12.7 Å². The summed E-state index contributed by atoms with van der Waals surface area (Å²) >= 11 is 2.86. The fourth-order valence-corrected chi connectivity index (χ4v) is 3.08. The van der Waals surface area contributed by atoms with Gasteiger partial charge in [0, 0.05) is 23.9 Å². The highest BCUT2D eigenvalue weighted by atomic mass is 32.2. The molecule has 0 fully saturated rings. The highest BCUT2D eigenvalue weighted by Crippen LogP contribution is 2.21. The summed E-state index contributed by atoms with van der Waals surface area (Å²) in [5, 5.41) is 9.88. The number of rotatable bonds is 7. The van der Waals surface area contributed by atoms with Crippen molar-refractivity contribution in [3.63, 3.8) is 0 Å². The molecule has 0 saturated carbocycles. The molecule has 0 aliphatic carbocycles. The van der Waals surface area contributed by atoms with Crippen LogP contribution >= 0.6 is 23.3 Å². The van der Waals surface area contributed by atoms with E-state index in [2.05, 4.69) is 9.36 Å². The third kappa shape index (κ3) is 4.66. The number of aliphatic hydroxyl groups is 1. The SMILES string of the molecule is CCc1nsc(SCC(O)COc2cccc(N)c2)n1. The van der Waals surface area contributed by atoms with Gasteiger partial charge < -0.3 is 15.6 Å². The van der Waals surface area contributed by atoms with E-state index in [1.54, 1.807) is 12.1 Å². The second-order valence-corrected chi connectivity index (χ2v) is 6.20. The Kier molecular flexibility index (Phi) is 5.63. The Morgan fingerprint density at radius 2 is 2.35 bits per heavy atom. The van der Waals surface area contributed by atoms with Gasteiger partial charge in [-0.1, -0.05) is 24.8 Å². The normalized spacial score (nSPS) is 12.3. The third-order valence-corrected chi connectivity index (χ3v) is 4.48. The lowest BCUT2D eigenvalue weighted by molar-refractivity contribution is 0.126. The summed E-state index contributed by atoms with van der Waals surface area (Å²) in [7, 11) is 0. The van der Waals surface area contributed by atoms with Crippen molar-refractivity contribution in [2.24, 2.45) is 0 Å². The molecule has 1 aromatic heterocycles. The first-order valence-corrected chi connectivity index (χ1v) is 8.05. The van der Waals surface area contributed by atoms with Crippen LogP contribution in [0.4, 0.5) is 5.69 Å². The molecule has 3 N–H and O–H groups in total. The van der Waals surface area contributed by atoms with Crippen molar-refractivity contribution in [2.75, 3.05) is 18.1 Å². The third-order valence-electron chi connectivity index (χ3n) is 2.47. The lowest BCUT2D eigenvalue weighted by Gasteiger charge is -2.11. The van der Waals surface area contributed by atoms with Crippen LogP contribution in [0.5, 0.6) is 5.75 Å². The molecule has 1 aromatic carbocycles. The molecule has 2 aromatic rings. The van der Waals surface area contributed by atoms with Crippen LogP contribution in [0.15, 0.2) is 28.6 Å². The molecule has 0 bridgehead atoms. The Bertz CT molecular complexity index is 548. The Labute approximate surface area is 126 Å². The number of anilines is 1. The summed E-state index contributed by atoms with van der Waals surface area (Å²) < 4.78 is 10.6. The molecule has 0 aliphatic heterocycles. The van der Waals surface area contributed by atoms with Gasteiger partial charge in [0.2, 0.25) is 0 Å². The molecule has 5 nitrogen and oxygen atoms in total. The molecular weight excluding hydrogens is 294 g/mol. The van der Waals surface area contributed by atoms with Crippen LogP contribution in [0.25, 0.3) is 0 Å². The maximum Gasteiger partial charge on any atom is 0.170 e. The number of aromatic nitrogens is 2. The van der Waals surface area contributed by atoms with Crippen LogP contribution in [-0.2, 0) is 6.42 Å². The van der Waals surface area contributed by atoms with E-state index >= 15 is 0 Å². The zero-order chi connectivity index (χ0) is 14.4. The number of benzene rings is 1. The van der Waals surface area contributed by atoms with Crippen LogP contribution in [0.2, 0.25) is 0 Å². The van der Waals surface area contributed by atoms with Gasteiger partial charge in [0.25, 0.3) is 0 Å². The minimum Gasteiger partial charge on any atom is -0.491 e. The molecule has 0 spiro atoms. The summed E-state index contributed by atoms with van der Waals surface area (Å²) in [5.41, 5.74) is 6.30. The highest BCUT2D eigenvalue weighted by molar-refractivity contribution is 8.00. The molecule has 1 atom stereocenters. The summed E-state index contributed by atoms with van der Waals surface area (Å²) in [6.07, 6.45) is 0.272. The van der Waals surface area contributed by atoms with Crippen molar-refractivity contribution in [1.82, 2.24) is 9.36 Å². The number of nitrogens with zero attached hydrogens (tertiary/aromatic N) is 2. The molecule has 0 saturated heterocycles. The van der Waals surface area contributed by atoms with Gasteiger partial charge in [-0.05, 0) is 23.7 Å². The quantitative estimate of drug-likeness (QED) is 0.603.